The molecule has 1 atom stereocenters. The summed E-state index contributed by atoms with van der Waals surface area (Å²) in [5.41, 5.74) is 0.719. The van der Waals surface area contributed by atoms with E-state index < -0.39 is 24.3 Å². The third-order valence-electron chi connectivity index (χ3n) is 2.95. The summed E-state index contributed by atoms with van der Waals surface area (Å²) in [6.45, 7) is 0.257. The molecule has 112 valence electrons. The molecule has 1 unspecified atom stereocenters. The topological polar surface area (TPSA) is 41.6 Å². The van der Waals surface area contributed by atoms with E-state index in [0.717, 1.165) is 4.57 Å². The molecule has 21 heavy (non-hydrogen) atoms. The average Bonchev–Trinajstić information content (AvgIpc) is 2.76. The maximum atomic E-state index is 13.4. The molecule has 0 fully saturated rings. The number of halogens is 5. The minimum atomic E-state index is -4.21. The van der Waals surface area contributed by atoms with Crippen LogP contribution in [0.25, 0.3) is 11.0 Å². The second-order valence-corrected chi connectivity index (χ2v) is 5.20. The number of hydrogen-bond acceptors (Lipinski definition) is 2. The van der Waals surface area contributed by atoms with Crippen molar-refractivity contribution < 1.29 is 17.6 Å². The van der Waals surface area contributed by atoms with Gasteiger partial charge in [0.25, 0.3) is 0 Å². The zero-order valence-corrected chi connectivity index (χ0v) is 11.6. The molecular formula is C13H10ClF4N3. The summed E-state index contributed by atoms with van der Waals surface area (Å²) in [6, 6.07) is 6.12. The molecular weight excluding hydrogens is 310 g/mol. The van der Waals surface area contributed by atoms with Crippen molar-refractivity contribution in [1.82, 2.24) is 9.55 Å². The Hall–Kier alpha value is -1.81. The maximum Gasteiger partial charge on any atom is 0.324 e. The van der Waals surface area contributed by atoms with Gasteiger partial charge in [0.1, 0.15) is 5.82 Å². The number of fused-ring (bicyclic) bond motifs is 1. The predicted molar refractivity (Wildman–Crippen MR) is 69.7 cm³/mol. The second-order valence-electron chi connectivity index (χ2n) is 4.55. The molecule has 1 heterocycles. The Morgan fingerprint density at radius 3 is 2.62 bits per heavy atom. The van der Waals surface area contributed by atoms with E-state index in [-0.39, 0.29) is 16.9 Å². The molecule has 0 N–H and O–H groups in total. The second kappa shape index (κ2) is 5.53. The van der Waals surface area contributed by atoms with Crippen molar-refractivity contribution in [3.63, 3.8) is 0 Å². The van der Waals surface area contributed by atoms with E-state index in [1.807, 2.05) is 6.07 Å². The fourth-order valence-electron chi connectivity index (χ4n) is 1.96. The normalized spacial score (nSPS) is 13.6. The Bertz CT molecular complexity index is 703. The van der Waals surface area contributed by atoms with Gasteiger partial charge < -0.3 is 4.57 Å². The Labute approximate surface area is 122 Å². The van der Waals surface area contributed by atoms with Gasteiger partial charge in [0.2, 0.25) is 0 Å². The summed E-state index contributed by atoms with van der Waals surface area (Å²) >= 11 is 5.88. The highest BCUT2D eigenvalue weighted by molar-refractivity contribution is 6.20. The van der Waals surface area contributed by atoms with E-state index in [9.17, 15) is 17.6 Å². The number of imidazole rings is 1. The van der Waals surface area contributed by atoms with E-state index in [0.29, 0.717) is 5.52 Å². The summed E-state index contributed by atoms with van der Waals surface area (Å²) < 4.78 is 52.5. The smallest absolute Gasteiger partial charge is 0.320 e. The van der Waals surface area contributed by atoms with Gasteiger partial charge in [-0.15, -0.1) is 11.6 Å². The standard InChI is InChI=1S/C13H10ClF4N3/c1-7(14)11-20-9-3-2-8(5-19)4-10(9)21(11)6-13(17,18)12(15)16/h2-4,7,12H,6H2,1H3. The zero-order valence-electron chi connectivity index (χ0n) is 10.8. The molecule has 0 aliphatic carbocycles. The van der Waals surface area contributed by atoms with Crippen LogP contribution in [0.2, 0.25) is 0 Å². The first kappa shape index (κ1) is 15.6. The lowest BCUT2D eigenvalue weighted by atomic mass is 10.2. The summed E-state index contributed by atoms with van der Waals surface area (Å²) in [5, 5.41) is 8.11. The van der Waals surface area contributed by atoms with Crippen molar-refractivity contribution in [2.45, 2.75) is 31.2 Å². The summed E-state index contributed by atoms with van der Waals surface area (Å²) in [7, 11) is 0. The SMILES string of the molecule is CC(Cl)c1nc2ccc(C#N)cc2n1CC(F)(F)C(F)F. The fraction of sp³-hybridized carbons (Fsp3) is 0.385. The van der Waals surface area contributed by atoms with Gasteiger partial charge in [-0.05, 0) is 25.1 Å². The van der Waals surface area contributed by atoms with Gasteiger partial charge in [0, 0.05) is 0 Å². The van der Waals surface area contributed by atoms with E-state index >= 15 is 0 Å². The van der Waals surface area contributed by atoms with Crippen molar-refractivity contribution >= 4 is 22.6 Å². The summed E-state index contributed by atoms with van der Waals surface area (Å²) in [5.74, 6) is -4.15. The third-order valence-corrected chi connectivity index (χ3v) is 3.15. The molecule has 2 rings (SSSR count). The van der Waals surface area contributed by atoms with Crippen LogP contribution in [-0.4, -0.2) is 21.9 Å². The predicted octanol–water partition coefficient (Wildman–Crippen LogP) is 4.11. The van der Waals surface area contributed by atoms with Crippen molar-refractivity contribution in [3.8, 4) is 6.07 Å². The quantitative estimate of drug-likeness (QED) is 0.628. The summed E-state index contributed by atoms with van der Waals surface area (Å²) in [4.78, 5) is 4.07. The van der Waals surface area contributed by atoms with Crippen LogP contribution in [0, 0.1) is 11.3 Å². The van der Waals surface area contributed by atoms with Gasteiger partial charge >= 0.3 is 12.3 Å². The molecule has 0 bridgehead atoms. The largest absolute Gasteiger partial charge is 0.324 e. The minimum absolute atomic E-state index is 0.0575. The van der Waals surface area contributed by atoms with Crippen molar-refractivity contribution in [2.24, 2.45) is 0 Å². The Kier molecular flexibility index (Phi) is 4.10. The van der Waals surface area contributed by atoms with Crippen molar-refractivity contribution in [3.05, 3.63) is 29.6 Å². The van der Waals surface area contributed by atoms with Gasteiger partial charge in [-0.1, -0.05) is 0 Å². The molecule has 0 saturated carbocycles. The highest BCUT2D eigenvalue weighted by Crippen LogP contribution is 2.31. The third kappa shape index (κ3) is 2.95. The highest BCUT2D eigenvalue weighted by Gasteiger charge is 2.42. The van der Waals surface area contributed by atoms with Gasteiger partial charge in [0.15, 0.2) is 0 Å². The van der Waals surface area contributed by atoms with Crippen LogP contribution >= 0.6 is 11.6 Å². The molecule has 0 radical (unpaired) electrons. The van der Waals surface area contributed by atoms with E-state index in [1.54, 1.807) is 0 Å². The molecule has 0 saturated heterocycles. The van der Waals surface area contributed by atoms with Crippen LogP contribution in [0.15, 0.2) is 18.2 Å². The van der Waals surface area contributed by atoms with E-state index in [1.165, 1.54) is 25.1 Å². The van der Waals surface area contributed by atoms with Crippen LogP contribution in [0.1, 0.15) is 23.7 Å². The van der Waals surface area contributed by atoms with Gasteiger partial charge in [-0.3, -0.25) is 0 Å². The number of nitrogens with zero attached hydrogens (tertiary/aromatic N) is 3. The number of hydrogen-bond donors (Lipinski definition) is 0. The number of benzene rings is 1. The lowest BCUT2D eigenvalue weighted by Crippen LogP contribution is -2.32. The lowest BCUT2D eigenvalue weighted by Gasteiger charge is -2.18. The van der Waals surface area contributed by atoms with Crippen LogP contribution < -0.4 is 0 Å². The van der Waals surface area contributed by atoms with Crippen molar-refractivity contribution in [1.29, 1.82) is 5.26 Å². The number of nitriles is 1. The molecule has 8 heteroatoms. The number of alkyl halides is 5. The maximum absolute atomic E-state index is 13.4. The molecule has 1 aromatic carbocycles. The van der Waals surface area contributed by atoms with Gasteiger partial charge in [-0.25, -0.2) is 13.8 Å². The van der Waals surface area contributed by atoms with Crippen LogP contribution in [0.5, 0.6) is 0 Å². The molecule has 0 aliphatic rings. The average molecular weight is 320 g/mol. The van der Waals surface area contributed by atoms with E-state index in [2.05, 4.69) is 4.98 Å². The van der Waals surface area contributed by atoms with Crippen LogP contribution in [0.3, 0.4) is 0 Å². The Balaban J connectivity index is 2.63. The first-order valence-electron chi connectivity index (χ1n) is 5.96. The molecule has 0 aliphatic heterocycles. The highest BCUT2D eigenvalue weighted by atomic mass is 35.5. The molecule has 3 nitrogen and oxygen atoms in total. The lowest BCUT2D eigenvalue weighted by molar-refractivity contribution is -0.137. The fourth-order valence-corrected chi connectivity index (χ4v) is 2.13. The molecule has 0 amide bonds. The zero-order chi connectivity index (χ0) is 15.8. The first-order chi connectivity index (χ1) is 9.76. The number of rotatable bonds is 4. The van der Waals surface area contributed by atoms with Crippen molar-refractivity contribution in [2.75, 3.05) is 0 Å². The monoisotopic (exact) mass is 319 g/mol. The molecule has 0 spiro atoms. The van der Waals surface area contributed by atoms with E-state index in [4.69, 9.17) is 16.9 Å². The van der Waals surface area contributed by atoms with Crippen LogP contribution in [-0.2, 0) is 6.54 Å². The van der Waals surface area contributed by atoms with Gasteiger partial charge in [0.05, 0.1) is 34.6 Å². The minimum Gasteiger partial charge on any atom is -0.320 e. The number of aromatic nitrogens is 2. The Morgan fingerprint density at radius 2 is 2.10 bits per heavy atom. The van der Waals surface area contributed by atoms with Gasteiger partial charge in [-0.2, -0.15) is 14.0 Å². The first-order valence-corrected chi connectivity index (χ1v) is 6.40. The molecule has 2 aromatic rings. The van der Waals surface area contributed by atoms with Crippen LogP contribution in [0.4, 0.5) is 17.6 Å². The Morgan fingerprint density at radius 1 is 1.43 bits per heavy atom. The summed E-state index contributed by atoms with van der Waals surface area (Å²) in [6.07, 6.45) is -3.80. The molecule has 1 aromatic heterocycles.